The molecule has 0 saturated carbocycles. The molecule has 6 heteroatoms. The summed E-state index contributed by atoms with van der Waals surface area (Å²) in [6.45, 7) is 0. The van der Waals surface area contributed by atoms with Gasteiger partial charge in [0.05, 0.1) is 0 Å². The molecule has 0 N–H and O–H groups in total. The Kier molecular flexibility index (Phi) is 9.67. The summed E-state index contributed by atoms with van der Waals surface area (Å²) in [5.41, 5.74) is 5.87. The minimum atomic E-state index is -2.27. The predicted octanol–water partition coefficient (Wildman–Crippen LogP) is 12.3. The summed E-state index contributed by atoms with van der Waals surface area (Å²) in [5.74, 6) is 1.30. The first-order valence-electron chi connectivity index (χ1n) is 11.6. The van der Waals surface area contributed by atoms with E-state index in [0.29, 0.717) is 0 Å². The zero-order valence-electron chi connectivity index (χ0n) is 19.5. The van der Waals surface area contributed by atoms with E-state index in [9.17, 15) is 0 Å². The molecule has 184 valence electrons. The fraction of sp³-hybridized carbons (Fsp3) is 0.172. The van der Waals surface area contributed by atoms with E-state index in [0.717, 1.165) is 24.6 Å². The molecule has 4 aromatic rings. The van der Waals surface area contributed by atoms with Crippen molar-refractivity contribution < 1.29 is 0 Å². The molecular formula is C29H30I4P2. The summed E-state index contributed by atoms with van der Waals surface area (Å²) in [6.07, 6.45) is 4.65. The van der Waals surface area contributed by atoms with E-state index in [2.05, 4.69) is 209 Å². The van der Waals surface area contributed by atoms with E-state index in [-0.39, 0.29) is 0 Å². The Morgan fingerprint density at radius 1 is 0.343 bits per heavy atom. The molecule has 4 rings (SSSR count). The van der Waals surface area contributed by atoms with E-state index >= 15 is 0 Å². The van der Waals surface area contributed by atoms with Crippen LogP contribution in [0.1, 0.15) is 22.3 Å². The van der Waals surface area contributed by atoms with Gasteiger partial charge >= 0.3 is 266 Å². The summed E-state index contributed by atoms with van der Waals surface area (Å²) in [6, 6.07) is 44.7. The van der Waals surface area contributed by atoms with Crippen LogP contribution in [0.5, 0.6) is 0 Å². The normalized spacial score (nSPS) is 14.4. The maximum atomic E-state index is 2.98. The van der Waals surface area contributed by atoms with Gasteiger partial charge in [-0.2, -0.15) is 0 Å². The van der Waals surface area contributed by atoms with E-state index in [1.54, 1.807) is 0 Å². The molecular weight excluding hydrogens is 918 g/mol. The van der Waals surface area contributed by atoms with Gasteiger partial charge in [0.15, 0.2) is 0 Å². The van der Waals surface area contributed by atoms with E-state index in [4.69, 9.17) is 0 Å². The van der Waals surface area contributed by atoms with Crippen molar-refractivity contribution in [1.29, 1.82) is 0 Å². The predicted molar refractivity (Wildman–Crippen MR) is 195 cm³/mol. The maximum absolute atomic E-state index is 2.98. The van der Waals surface area contributed by atoms with Crippen molar-refractivity contribution in [2.24, 2.45) is 0 Å². The zero-order valence-corrected chi connectivity index (χ0v) is 29.9. The molecule has 0 aliphatic carbocycles. The summed E-state index contributed by atoms with van der Waals surface area (Å²) in [5, 5.41) is 0. The molecule has 0 nitrogen and oxygen atoms in total. The van der Waals surface area contributed by atoms with Crippen molar-refractivity contribution in [1.82, 2.24) is 0 Å². The van der Waals surface area contributed by atoms with Gasteiger partial charge in [-0.3, -0.25) is 0 Å². The molecule has 0 aliphatic heterocycles. The van der Waals surface area contributed by atoms with Crippen LogP contribution in [0.3, 0.4) is 0 Å². The van der Waals surface area contributed by atoms with Crippen molar-refractivity contribution in [3.05, 3.63) is 144 Å². The van der Waals surface area contributed by atoms with Crippen molar-refractivity contribution in [3.63, 3.8) is 0 Å². The van der Waals surface area contributed by atoms with E-state index in [1.807, 2.05) is 0 Å². The molecule has 0 heterocycles. The van der Waals surface area contributed by atoms with Gasteiger partial charge in [0.2, 0.25) is 0 Å². The number of hydrogen-bond donors (Lipinski definition) is 0. The van der Waals surface area contributed by atoms with Gasteiger partial charge < -0.3 is 0 Å². The van der Waals surface area contributed by atoms with Gasteiger partial charge in [0.25, 0.3) is 0 Å². The topological polar surface area (TPSA) is 0 Å². The van der Waals surface area contributed by atoms with Crippen molar-refractivity contribution in [2.75, 3.05) is 5.90 Å². The fourth-order valence-corrected chi connectivity index (χ4v) is 73.1. The fourth-order valence-electron chi connectivity index (χ4n) is 4.90. The Morgan fingerprint density at radius 3 is 0.743 bits per heavy atom. The van der Waals surface area contributed by atoms with Crippen LogP contribution in [0.4, 0.5) is 0 Å². The van der Waals surface area contributed by atoms with Crippen LogP contribution in [0.25, 0.3) is 0 Å². The molecule has 0 bridgehead atoms. The molecule has 0 fully saturated rings. The number of hydrogen-bond acceptors (Lipinski definition) is 0. The summed E-state index contributed by atoms with van der Waals surface area (Å²) < 4.78 is -4.54. The molecule has 0 aromatic heterocycles. The SMILES string of the molecule is IP(I)(Cc1ccccc1)(Cc1ccccc1)CP(I)(I)(Cc1ccccc1)Cc1ccccc1. The third kappa shape index (κ3) is 8.84. The van der Waals surface area contributed by atoms with Gasteiger partial charge in [0, 0.05) is 0 Å². The standard InChI is InChI=1S/C29H30I4P2/c30-34(31,21-26-13-5-1-6-14-26,22-27-15-7-2-8-16-27)25-35(32,33,23-28-17-9-3-10-18-28)24-29-19-11-4-12-20-29/h1-20H,21-25H2. The van der Waals surface area contributed by atoms with Crippen LogP contribution >= 0.6 is 91.9 Å². The minimum absolute atomic E-state index is 1.16. The monoisotopic (exact) mass is 948 g/mol. The third-order valence-electron chi connectivity index (χ3n) is 6.09. The average Bonchev–Trinajstić information content (AvgIpc) is 2.80. The summed E-state index contributed by atoms with van der Waals surface area (Å²) >= 11 is 11.9. The van der Waals surface area contributed by atoms with Crippen LogP contribution < -0.4 is 0 Å². The summed E-state index contributed by atoms with van der Waals surface area (Å²) in [7, 11) is 0. The molecule has 35 heavy (non-hydrogen) atoms. The molecule has 0 amide bonds. The number of rotatable bonds is 10. The molecule has 0 radical (unpaired) electrons. The Hall–Kier alpha value is 0.660. The number of halogens is 4. The van der Waals surface area contributed by atoms with Crippen molar-refractivity contribution in [2.45, 2.75) is 24.6 Å². The van der Waals surface area contributed by atoms with Crippen molar-refractivity contribution in [3.8, 4) is 0 Å². The van der Waals surface area contributed by atoms with Gasteiger partial charge in [-0.1, -0.05) is 0 Å². The van der Waals surface area contributed by atoms with Gasteiger partial charge in [0.1, 0.15) is 0 Å². The number of benzene rings is 4. The second kappa shape index (κ2) is 11.8. The van der Waals surface area contributed by atoms with Gasteiger partial charge in [-0.25, -0.2) is 0 Å². The van der Waals surface area contributed by atoms with Crippen LogP contribution in [0.2, 0.25) is 0 Å². The molecule has 0 atom stereocenters. The molecule has 0 saturated heterocycles. The first kappa shape index (κ1) is 28.7. The van der Waals surface area contributed by atoms with Gasteiger partial charge in [-0.15, -0.1) is 0 Å². The van der Waals surface area contributed by atoms with Crippen molar-refractivity contribution >= 4 is 91.9 Å². The molecule has 0 unspecified atom stereocenters. The Labute approximate surface area is 262 Å². The Morgan fingerprint density at radius 2 is 0.543 bits per heavy atom. The quantitative estimate of drug-likeness (QED) is 0.110. The second-order valence-corrected chi connectivity index (χ2v) is 59.3. The van der Waals surface area contributed by atoms with Gasteiger partial charge in [-0.05, 0) is 0 Å². The Bertz CT molecular complexity index is 1040. The second-order valence-electron chi connectivity index (χ2n) is 9.62. The van der Waals surface area contributed by atoms with E-state index in [1.165, 1.54) is 28.2 Å². The van der Waals surface area contributed by atoms with Crippen LogP contribution in [-0.4, -0.2) is 5.90 Å². The van der Waals surface area contributed by atoms with Crippen LogP contribution in [0, 0.1) is 0 Å². The Balaban J connectivity index is 1.79. The first-order valence-corrected chi connectivity index (χ1v) is 28.4. The third-order valence-corrected chi connectivity index (χ3v) is 34.4. The van der Waals surface area contributed by atoms with Crippen LogP contribution in [0.15, 0.2) is 121 Å². The zero-order chi connectivity index (χ0) is 24.9. The molecule has 0 spiro atoms. The average molecular weight is 948 g/mol. The molecule has 4 aromatic carbocycles. The van der Waals surface area contributed by atoms with E-state index < -0.39 is 3.78 Å². The molecule has 0 aliphatic rings. The van der Waals surface area contributed by atoms with Crippen LogP contribution in [-0.2, 0) is 24.6 Å². The summed E-state index contributed by atoms with van der Waals surface area (Å²) in [4.78, 5) is 0. The first-order chi connectivity index (χ1) is 16.6.